The van der Waals surface area contributed by atoms with E-state index in [1.54, 1.807) is 18.2 Å². The van der Waals surface area contributed by atoms with E-state index < -0.39 is 0 Å². The minimum absolute atomic E-state index is 0.247. The predicted octanol–water partition coefficient (Wildman–Crippen LogP) is 6.00. The first kappa shape index (κ1) is 17.0. The number of hydrogen-bond acceptors (Lipinski definition) is 2. The van der Waals surface area contributed by atoms with Crippen LogP contribution in [0.1, 0.15) is 10.4 Å². The zero-order chi connectivity index (χ0) is 15.6. The Morgan fingerprint density at radius 2 is 1.62 bits per heavy atom. The normalized spacial score (nSPS) is 10.3. The summed E-state index contributed by atoms with van der Waals surface area (Å²) < 4.78 is 8.54. The summed E-state index contributed by atoms with van der Waals surface area (Å²) in [6.45, 7) is 0. The number of methoxy groups -OCH3 is 1. The van der Waals surface area contributed by atoms with Gasteiger partial charge in [-0.1, -0.05) is 31.9 Å². The van der Waals surface area contributed by atoms with E-state index >= 15 is 0 Å². The highest BCUT2D eigenvalue weighted by atomic mass is 79.9. The lowest BCUT2D eigenvalue weighted by Gasteiger charge is -2.12. The molecule has 2 rings (SSSR count). The maximum Gasteiger partial charge on any atom is 0.259 e. The van der Waals surface area contributed by atoms with Gasteiger partial charge in [0.2, 0.25) is 0 Å². The van der Waals surface area contributed by atoms with Crippen molar-refractivity contribution in [2.45, 2.75) is 0 Å². The lowest BCUT2D eigenvalue weighted by atomic mass is 10.2. The van der Waals surface area contributed by atoms with Crippen LogP contribution in [0.25, 0.3) is 0 Å². The summed E-state index contributed by atoms with van der Waals surface area (Å²) in [6, 6.07) is 8.97. The van der Waals surface area contributed by atoms with Crippen molar-refractivity contribution in [3.63, 3.8) is 0 Å². The molecule has 0 saturated heterocycles. The van der Waals surface area contributed by atoms with Crippen molar-refractivity contribution in [3.05, 3.63) is 53.8 Å². The Morgan fingerprint density at radius 1 is 1.00 bits per heavy atom. The Hall–Kier alpha value is -0.370. The van der Waals surface area contributed by atoms with Crippen LogP contribution < -0.4 is 10.1 Å². The molecule has 2 aromatic rings. The van der Waals surface area contributed by atoms with Gasteiger partial charge in [-0.05, 0) is 62.2 Å². The van der Waals surface area contributed by atoms with Crippen LogP contribution in [0.3, 0.4) is 0 Å². The second-order valence-corrected chi connectivity index (χ2v) is 7.58. The first-order valence-corrected chi connectivity index (χ1v) is 8.89. The van der Waals surface area contributed by atoms with Gasteiger partial charge in [0.25, 0.3) is 5.91 Å². The van der Waals surface area contributed by atoms with Crippen LogP contribution >= 0.6 is 63.7 Å². The Bertz CT molecular complexity index is 680. The lowest BCUT2D eigenvalue weighted by Crippen LogP contribution is -2.14. The molecule has 110 valence electrons. The number of benzene rings is 2. The third kappa shape index (κ3) is 4.09. The average molecular weight is 543 g/mol. The van der Waals surface area contributed by atoms with Gasteiger partial charge in [-0.15, -0.1) is 0 Å². The summed E-state index contributed by atoms with van der Waals surface area (Å²) in [5.41, 5.74) is 1.12. The molecule has 1 N–H and O–H groups in total. The smallest absolute Gasteiger partial charge is 0.259 e. The Morgan fingerprint density at radius 3 is 2.19 bits per heavy atom. The van der Waals surface area contributed by atoms with Gasteiger partial charge in [-0.3, -0.25) is 4.79 Å². The van der Waals surface area contributed by atoms with E-state index in [-0.39, 0.29) is 5.91 Å². The molecule has 0 fully saturated rings. The van der Waals surface area contributed by atoms with Crippen LogP contribution in [0.15, 0.2) is 48.2 Å². The van der Waals surface area contributed by atoms with Crippen LogP contribution in [0.4, 0.5) is 5.69 Å². The fourth-order valence-corrected chi connectivity index (χ4v) is 4.49. The SMILES string of the molecule is COc1cc(Br)ccc1C(=O)Nc1c(Br)cc(Br)cc1Br. The van der Waals surface area contributed by atoms with Crippen LogP contribution in [0.2, 0.25) is 0 Å². The number of ether oxygens (including phenoxy) is 1. The van der Waals surface area contributed by atoms with Gasteiger partial charge in [0.1, 0.15) is 5.75 Å². The van der Waals surface area contributed by atoms with E-state index in [1.807, 2.05) is 12.1 Å². The summed E-state index contributed by atoms with van der Waals surface area (Å²) in [6.07, 6.45) is 0. The van der Waals surface area contributed by atoms with E-state index in [1.165, 1.54) is 7.11 Å². The zero-order valence-corrected chi connectivity index (χ0v) is 17.1. The first-order chi connectivity index (χ1) is 9.92. The third-order valence-electron chi connectivity index (χ3n) is 2.65. The second-order valence-electron chi connectivity index (χ2n) is 4.04. The quantitative estimate of drug-likeness (QED) is 0.517. The molecular weight excluding hydrogens is 534 g/mol. The molecule has 0 aliphatic rings. The number of halogens is 4. The number of amides is 1. The van der Waals surface area contributed by atoms with Gasteiger partial charge in [0, 0.05) is 17.9 Å². The van der Waals surface area contributed by atoms with Gasteiger partial charge in [0.15, 0.2) is 0 Å². The number of carbonyl (C=O) groups excluding carboxylic acids is 1. The standard InChI is InChI=1S/C14H9Br4NO2/c1-21-12-6-7(15)2-3-9(12)14(20)19-13-10(17)4-8(16)5-11(13)18/h2-6H,1H3,(H,19,20). The van der Waals surface area contributed by atoms with E-state index in [9.17, 15) is 4.79 Å². The van der Waals surface area contributed by atoms with Crippen LogP contribution in [-0.2, 0) is 0 Å². The number of rotatable bonds is 3. The van der Waals surface area contributed by atoms with Crippen molar-refractivity contribution < 1.29 is 9.53 Å². The highest BCUT2D eigenvalue weighted by molar-refractivity contribution is 9.11. The van der Waals surface area contributed by atoms with Gasteiger partial charge in [-0.25, -0.2) is 0 Å². The molecule has 0 aliphatic heterocycles. The molecule has 0 unspecified atom stereocenters. The Labute approximate surface area is 156 Å². The molecule has 3 nitrogen and oxygen atoms in total. The van der Waals surface area contributed by atoms with Crippen molar-refractivity contribution in [1.82, 2.24) is 0 Å². The average Bonchev–Trinajstić information content (AvgIpc) is 2.42. The lowest BCUT2D eigenvalue weighted by molar-refractivity contribution is 0.102. The molecule has 1 amide bonds. The molecule has 2 aromatic carbocycles. The summed E-state index contributed by atoms with van der Waals surface area (Å²) >= 11 is 13.6. The highest BCUT2D eigenvalue weighted by Gasteiger charge is 2.16. The molecule has 21 heavy (non-hydrogen) atoms. The fourth-order valence-electron chi connectivity index (χ4n) is 1.70. The van der Waals surface area contributed by atoms with Gasteiger partial charge in [-0.2, -0.15) is 0 Å². The highest BCUT2D eigenvalue weighted by Crippen LogP contribution is 2.35. The van der Waals surface area contributed by atoms with E-state index in [2.05, 4.69) is 69.0 Å². The van der Waals surface area contributed by atoms with Gasteiger partial charge in [0.05, 0.1) is 18.4 Å². The third-order valence-corrected chi connectivity index (χ3v) is 4.86. The van der Waals surface area contributed by atoms with Crippen LogP contribution in [0, 0.1) is 0 Å². The van der Waals surface area contributed by atoms with Gasteiger partial charge < -0.3 is 10.1 Å². The van der Waals surface area contributed by atoms with E-state index in [0.717, 1.165) is 17.9 Å². The minimum Gasteiger partial charge on any atom is -0.496 e. The van der Waals surface area contributed by atoms with E-state index in [0.29, 0.717) is 17.0 Å². The number of nitrogens with one attached hydrogen (secondary N) is 1. The molecule has 0 spiro atoms. The van der Waals surface area contributed by atoms with Crippen LogP contribution in [0.5, 0.6) is 5.75 Å². The number of carbonyl (C=O) groups is 1. The van der Waals surface area contributed by atoms with Crippen LogP contribution in [-0.4, -0.2) is 13.0 Å². The summed E-state index contributed by atoms with van der Waals surface area (Å²) in [5, 5.41) is 2.87. The van der Waals surface area contributed by atoms with E-state index in [4.69, 9.17) is 4.74 Å². The molecule has 0 aromatic heterocycles. The molecule has 0 heterocycles. The molecule has 0 bridgehead atoms. The Balaban J connectivity index is 2.35. The monoisotopic (exact) mass is 539 g/mol. The molecule has 0 aliphatic carbocycles. The Kier molecular flexibility index (Phi) is 5.88. The summed E-state index contributed by atoms with van der Waals surface area (Å²) in [4.78, 5) is 12.4. The van der Waals surface area contributed by atoms with Crippen molar-refractivity contribution in [2.24, 2.45) is 0 Å². The molecular formula is C14H9Br4NO2. The topological polar surface area (TPSA) is 38.3 Å². The van der Waals surface area contributed by atoms with Gasteiger partial charge >= 0.3 is 0 Å². The summed E-state index contributed by atoms with van der Waals surface area (Å²) in [7, 11) is 1.53. The molecule has 0 saturated carbocycles. The minimum atomic E-state index is -0.247. The molecule has 7 heteroatoms. The maximum absolute atomic E-state index is 12.4. The zero-order valence-electron chi connectivity index (χ0n) is 10.7. The van der Waals surface area contributed by atoms with Crippen molar-refractivity contribution in [1.29, 1.82) is 0 Å². The number of hydrogen-bond donors (Lipinski definition) is 1. The second kappa shape index (κ2) is 7.26. The maximum atomic E-state index is 12.4. The van der Waals surface area contributed by atoms with Crippen molar-refractivity contribution in [2.75, 3.05) is 12.4 Å². The van der Waals surface area contributed by atoms with Crippen molar-refractivity contribution >= 4 is 75.3 Å². The summed E-state index contributed by atoms with van der Waals surface area (Å²) in [5.74, 6) is 0.259. The first-order valence-electron chi connectivity index (χ1n) is 5.72. The molecule has 0 radical (unpaired) electrons. The van der Waals surface area contributed by atoms with Crippen molar-refractivity contribution in [3.8, 4) is 5.75 Å². The molecule has 0 atom stereocenters. The number of anilines is 1. The largest absolute Gasteiger partial charge is 0.496 e. The predicted molar refractivity (Wildman–Crippen MR) is 98.2 cm³/mol. The fraction of sp³-hybridized carbons (Fsp3) is 0.0714.